The van der Waals surface area contributed by atoms with Crippen LogP contribution < -0.4 is 0 Å². The zero-order valence-corrected chi connectivity index (χ0v) is 11.5. The zero-order chi connectivity index (χ0) is 15.7. The molecule has 0 saturated carbocycles. The molecule has 21 heavy (non-hydrogen) atoms. The first-order valence-electron chi connectivity index (χ1n) is 5.80. The normalized spacial score (nSPS) is 12.0. The molecule has 0 bridgehead atoms. The van der Waals surface area contributed by atoms with Crippen LogP contribution in [0.1, 0.15) is 11.1 Å². The molecule has 0 heterocycles. The standard InChI is InChI=1S/C14H10F2NO3P/c15-14(16,21(18,19)20)13-7-5-12(6-8-13)11-3-1-10(9-17)2-4-11/h1-8H,(H2,18,19,20). The smallest absolute Gasteiger partial charge is 0.320 e. The maximum Gasteiger partial charge on any atom is 0.399 e. The van der Waals surface area contributed by atoms with Crippen LogP contribution in [0.25, 0.3) is 11.1 Å². The molecule has 108 valence electrons. The third-order valence-corrected chi connectivity index (χ3v) is 3.94. The minimum absolute atomic E-state index is 0.475. The minimum Gasteiger partial charge on any atom is -0.320 e. The highest BCUT2D eigenvalue weighted by Crippen LogP contribution is 2.59. The minimum atomic E-state index is -5.56. The Labute approximate surface area is 119 Å². The first-order valence-corrected chi connectivity index (χ1v) is 7.41. The van der Waals surface area contributed by atoms with Crippen molar-refractivity contribution < 1.29 is 23.1 Å². The first-order chi connectivity index (χ1) is 9.75. The van der Waals surface area contributed by atoms with Crippen molar-refractivity contribution in [2.24, 2.45) is 0 Å². The van der Waals surface area contributed by atoms with E-state index in [4.69, 9.17) is 15.0 Å². The maximum atomic E-state index is 13.5. The van der Waals surface area contributed by atoms with Gasteiger partial charge in [0.2, 0.25) is 0 Å². The molecule has 7 heteroatoms. The fourth-order valence-electron chi connectivity index (χ4n) is 1.77. The van der Waals surface area contributed by atoms with E-state index in [1.165, 1.54) is 12.1 Å². The van der Waals surface area contributed by atoms with E-state index in [2.05, 4.69) is 0 Å². The van der Waals surface area contributed by atoms with Gasteiger partial charge in [-0.1, -0.05) is 36.4 Å². The van der Waals surface area contributed by atoms with Crippen LogP contribution in [-0.4, -0.2) is 9.79 Å². The summed E-state index contributed by atoms with van der Waals surface area (Å²) in [5.41, 5.74) is -3.17. The molecule has 0 unspecified atom stereocenters. The topological polar surface area (TPSA) is 81.3 Å². The van der Waals surface area contributed by atoms with Crippen molar-refractivity contribution in [1.29, 1.82) is 5.26 Å². The fourth-order valence-corrected chi connectivity index (χ4v) is 2.25. The zero-order valence-electron chi connectivity index (χ0n) is 10.6. The number of hydrogen-bond donors (Lipinski definition) is 2. The van der Waals surface area contributed by atoms with Gasteiger partial charge in [-0.2, -0.15) is 14.0 Å². The molecule has 0 aliphatic heterocycles. The van der Waals surface area contributed by atoms with Crippen molar-refractivity contribution in [2.45, 2.75) is 5.66 Å². The summed E-state index contributed by atoms with van der Waals surface area (Å²) in [6, 6.07) is 13.1. The van der Waals surface area contributed by atoms with Gasteiger partial charge in [-0.15, -0.1) is 0 Å². The molecule has 4 nitrogen and oxygen atoms in total. The number of halogens is 2. The summed E-state index contributed by atoms with van der Waals surface area (Å²) in [5.74, 6) is 0. The lowest BCUT2D eigenvalue weighted by molar-refractivity contribution is 0.0564. The summed E-state index contributed by atoms with van der Waals surface area (Å²) in [6.45, 7) is 0. The van der Waals surface area contributed by atoms with E-state index >= 15 is 0 Å². The molecular formula is C14H10F2NO3P. The summed E-state index contributed by atoms with van der Waals surface area (Å²) >= 11 is 0. The molecule has 0 atom stereocenters. The molecule has 2 rings (SSSR count). The van der Waals surface area contributed by atoms with Gasteiger partial charge < -0.3 is 9.79 Å². The second-order valence-corrected chi connectivity index (χ2v) is 6.00. The first kappa shape index (κ1) is 15.3. The third-order valence-electron chi connectivity index (χ3n) is 2.95. The van der Waals surface area contributed by atoms with Crippen molar-refractivity contribution >= 4 is 7.60 Å². The molecule has 0 aliphatic carbocycles. The molecule has 0 radical (unpaired) electrons. The lowest BCUT2D eigenvalue weighted by atomic mass is 10.0. The maximum absolute atomic E-state index is 13.5. The Kier molecular flexibility index (Phi) is 3.93. The number of alkyl halides is 2. The van der Waals surface area contributed by atoms with Gasteiger partial charge in [0.1, 0.15) is 0 Å². The van der Waals surface area contributed by atoms with E-state index in [1.54, 1.807) is 24.3 Å². The molecule has 0 saturated heterocycles. The summed E-state index contributed by atoms with van der Waals surface area (Å²) in [6.07, 6.45) is 0. The summed E-state index contributed by atoms with van der Waals surface area (Å²) in [5, 5.41) is 8.69. The Morgan fingerprint density at radius 2 is 1.38 bits per heavy atom. The Balaban J connectivity index is 2.35. The largest absolute Gasteiger partial charge is 0.399 e. The Hall–Kier alpha value is -2.06. The average Bonchev–Trinajstić information content (AvgIpc) is 2.46. The molecular weight excluding hydrogens is 299 g/mol. The molecule has 2 aromatic carbocycles. The molecule has 0 amide bonds. The van der Waals surface area contributed by atoms with E-state index in [1.807, 2.05) is 6.07 Å². The highest BCUT2D eigenvalue weighted by Gasteiger charge is 2.50. The second-order valence-electron chi connectivity index (χ2n) is 4.35. The third kappa shape index (κ3) is 3.01. The Bertz CT molecular complexity index is 730. The second kappa shape index (κ2) is 5.38. The van der Waals surface area contributed by atoms with Gasteiger partial charge in [-0.3, -0.25) is 4.57 Å². The van der Waals surface area contributed by atoms with Gasteiger partial charge in [0.15, 0.2) is 0 Å². The van der Waals surface area contributed by atoms with Crippen molar-refractivity contribution in [2.75, 3.05) is 0 Å². The van der Waals surface area contributed by atoms with Gasteiger partial charge in [0.05, 0.1) is 11.6 Å². The fraction of sp³-hybridized carbons (Fsp3) is 0.0714. The quantitative estimate of drug-likeness (QED) is 0.851. The van der Waals surface area contributed by atoms with Crippen LogP contribution in [0.3, 0.4) is 0 Å². The van der Waals surface area contributed by atoms with Crippen LogP contribution in [0, 0.1) is 11.3 Å². The number of nitriles is 1. The number of rotatable bonds is 3. The summed E-state index contributed by atoms with van der Waals surface area (Å²) < 4.78 is 37.8. The van der Waals surface area contributed by atoms with Crippen molar-refractivity contribution in [3.8, 4) is 17.2 Å². The van der Waals surface area contributed by atoms with Crippen LogP contribution in [0.15, 0.2) is 48.5 Å². The van der Waals surface area contributed by atoms with Crippen molar-refractivity contribution in [3.63, 3.8) is 0 Å². The van der Waals surface area contributed by atoms with E-state index in [0.29, 0.717) is 16.7 Å². The van der Waals surface area contributed by atoms with Gasteiger partial charge in [-0.25, -0.2) is 0 Å². The van der Waals surface area contributed by atoms with Crippen molar-refractivity contribution in [1.82, 2.24) is 0 Å². The molecule has 2 aromatic rings. The van der Waals surface area contributed by atoms with Gasteiger partial charge in [0.25, 0.3) is 0 Å². The number of nitrogens with zero attached hydrogens (tertiary/aromatic N) is 1. The van der Waals surface area contributed by atoms with E-state index < -0.39 is 18.8 Å². The van der Waals surface area contributed by atoms with E-state index in [9.17, 15) is 13.3 Å². The lowest BCUT2D eigenvalue weighted by Gasteiger charge is -2.18. The predicted octanol–water partition coefficient (Wildman–Crippen LogP) is 3.45. The SMILES string of the molecule is N#Cc1ccc(-c2ccc(C(F)(F)P(=O)(O)O)cc2)cc1. The highest BCUT2D eigenvalue weighted by atomic mass is 31.2. The Morgan fingerprint density at radius 3 is 1.76 bits per heavy atom. The predicted molar refractivity (Wildman–Crippen MR) is 72.5 cm³/mol. The summed E-state index contributed by atoms with van der Waals surface area (Å²) in [7, 11) is -5.56. The molecule has 0 fully saturated rings. The van der Waals surface area contributed by atoms with Crippen LogP contribution >= 0.6 is 7.60 Å². The van der Waals surface area contributed by atoms with Crippen LogP contribution in [0.5, 0.6) is 0 Å². The average molecular weight is 309 g/mol. The Morgan fingerprint density at radius 1 is 0.952 bits per heavy atom. The van der Waals surface area contributed by atoms with E-state index in [0.717, 1.165) is 12.1 Å². The molecule has 0 aromatic heterocycles. The van der Waals surface area contributed by atoms with E-state index in [-0.39, 0.29) is 0 Å². The lowest BCUT2D eigenvalue weighted by Crippen LogP contribution is -2.13. The summed E-state index contributed by atoms with van der Waals surface area (Å²) in [4.78, 5) is 17.3. The monoisotopic (exact) mass is 309 g/mol. The van der Waals surface area contributed by atoms with Crippen LogP contribution in [-0.2, 0) is 10.2 Å². The number of benzene rings is 2. The van der Waals surface area contributed by atoms with Gasteiger partial charge >= 0.3 is 13.3 Å². The van der Waals surface area contributed by atoms with Crippen LogP contribution in [0.2, 0.25) is 0 Å². The van der Waals surface area contributed by atoms with Crippen LogP contribution in [0.4, 0.5) is 8.78 Å². The van der Waals surface area contributed by atoms with Gasteiger partial charge in [0, 0.05) is 5.56 Å². The molecule has 0 aliphatic rings. The van der Waals surface area contributed by atoms with Gasteiger partial charge in [-0.05, 0) is 23.3 Å². The molecule has 0 spiro atoms. The van der Waals surface area contributed by atoms with Crippen molar-refractivity contribution in [3.05, 3.63) is 59.7 Å². The number of hydrogen-bond acceptors (Lipinski definition) is 2. The highest BCUT2D eigenvalue weighted by molar-refractivity contribution is 7.52. The molecule has 2 N–H and O–H groups in total.